The summed E-state index contributed by atoms with van der Waals surface area (Å²) in [5.74, 6) is 0.181. The Bertz CT molecular complexity index is 1370. The van der Waals surface area contributed by atoms with Crippen LogP contribution in [0.2, 0.25) is 0 Å². The van der Waals surface area contributed by atoms with Crippen LogP contribution < -0.4 is 15.5 Å². The maximum atomic E-state index is 12.8. The van der Waals surface area contributed by atoms with Gasteiger partial charge in [0.15, 0.2) is 0 Å². The Morgan fingerprint density at radius 2 is 1.44 bits per heavy atom. The Morgan fingerprint density at radius 1 is 0.750 bits per heavy atom. The number of nitrogens with one attached hydrogen (secondary N) is 2. The molecule has 5 rings (SSSR count). The normalized spacial score (nSPS) is 13.5. The third-order valence-electron chi connectivity index (χ3n) is 6.76. The number of aryl methyl sites for hydroxylation is 1. The molecule has 0 atom stereocenters. The number of rotatable bonds is 5. The van der Waals surface area contributed by atoms with E-state index in [0.717, 1.165) is 52.1 Å². The quantitative estimate of drug-likeness (QED) is 0.388. The van der Waals surface area contributed by atoms with Gasteiger partial charge in [-0.2, -0.15) is 0 Å². The molecule has 1 fully saturated rings. The number of hydrogen-bond donors (Lipinski definition) is 2. The van der Waals surface area contributed by atoms with Gasteiger partial charge < -0.3 is 20.4 Å². The summed E-state index contributed by atoms with van der Waals surface area (Å²) in [6.07, 6.45) is 0.452. The molecule has 0 spiro atoms. The fourth-order valence-electron chi connectivity index (χ4n) is 4.67. The van der Waals surface area contributed by atoms with Gasteiger partial charge in [0.25, 0.3) is 0 Å². The van der Waals surface area contributed by atoms with Crippen molar-refractivity contribution in [2.24, 2.45) is 0 Å². The third-order valence-corrected chi connectivity index (χ3v) is 6.76. The molecular formula is C30H30N4O2. The summed E-state index contributed by atoms with van der Waals surface area (Å²) in [5.41, 5.74) is 4.84. The van der Waals surface area contributed by atoms with Crippen LogP contribution in [0.1, 0.15) is 11.1 Å². The molecule has 4 aromatic carbocycles. The second-order valence-electron chi connectivity index (χ2n) is 9.12. The number of anilines is 3. The van der Waals surface area contributed by atoms with Gasteiger partial charge in [-0.15, -0.1) is 0 Å². The fourth-order valence-corrected chi connectivity index (χ4v) is 4.67. The van der Waals surface area contributed by atoms with Crippen molar-refractivity contribution in [3.05, 3.63) is 102 Å². The highest BCUT2D eigenvalue weighted by molar-refractivity contribution is 6.06. The molecule has 0 radical (unpaired) electrons. The number of carbonyl (C=O) groups is 2. The van der Waals surface area contributed by atoms with Crippen LogP contribution in [0.15, 0.2) is 91.0 Å². The number of fused-ring (bicyclic) bond motifs is 1. The molecule has 0 saturated carbocycles. The minimum absolute atomic E-state index is 0.181. The first-order chi connectivity index (χ1) is 17.6. The number of amides is 3. The highest BCUT2D eigenvalue weighted by atomic mass is 16.2. The molecule has 2 N–H and O–H groups in total. The highest BCUT2D eigenvalue weighted by Gasteiger charge is 2.21. The van der Waals surface area contributed by atoms with Crippen molar-refractivity contribution < 1.29 is 9.59 Å². The zero-order valence-electron chi connectivity index (χ0n) is 20.4. The maximum Gasteiger partial charge on any atom is 0.323 e. The molecule has 6 heteroatoms. The monoisotopic (exact) mass is 478 g/mol. The molecule has 0 aliphatic carbocycles. The number of urea groups is 1. The molecule has 3 amide bonds. The van der Waals surface area contributed by atoms with Crippen molar-refractivity contribution in [3.8, 4) is 0 Å². The average molecular weight is 479 g/mol. The van der Waals surface area contributed by atoms with E-state index in [1.54, 1.807) is 0 Å². The van der Waals surface area contributed by atoms with Crippen LogP contribution in [0.25, 0.3) is 10.8 Å². The van der Waals surface area contributed by atoms with Crippen molar-refractivity contribution in [1.29, 1.82) is 0 Å². The van der Waals surface area contributed by atoms with Gasteiger partial charge in [-0.3, -0.25) is 4.79 Å². The summed E-state index contributed by atoms with van der Waals surface area (Å²) in [6, 6.07) is 29.5. The first-order valence-electron chi connectivity index (χ1n) is 12.3. The molecule has 0 aromatic heterocycles. The van der Waals surface area contributed by atoms with Crippen LogP contribution in [-0.2, 0) is 11.2 Å². The lowest BCUT2D eigenvalue weighted by atomic mass is 10.1. The van der Waals surface area contributed by atoms with Crippen LogP contribution in [0.5, 0.6) is 0 Å². The molecule has 36 heavy (non-hydrogen) atoms. The molecule has 4 aromatic rings. The van der Waals surface area contributed by atoms with Gasteiger partial charge in [0.2, 0.25) is 5.91 Å². The first kappa shape index (κ1) is 23.4. The fraction of sp³-hybridized carbons (Fsp3) is 0.200. The molecule has 1 aliphatic heterocycles. The van der Waals surface area contributed by atoms with Crippen molar-refractivity contribution in [3.63, 3.8) is 0 Å². The van der Waals surface area contributed by atoms with E-state index in [1.165, 1.54) is 0 Å². The van der Waals surface area contributed by atoms with Crippen LogP contribution >= 0.6 is 0 Å². The minimum Gasteiger partial charge on any atom is -0.368 e. The zero-order chi connectivity index (χ0) is 24.9. The number of benzene rings is 4. The van der Waals surface area contributed by atoms with Crippen LogP contribution in [-0.4, -0.2) is 43.0 Å². The van der Waals surface area contributed by atoms with E-state index in [4.69, 9.17) is 0 Å². The van der Waals surface area contributed by atoms with E-state index in [9.17, 15) is 9.59 Å². The predicted octanol–water partition coefficient (Wildman–Crippen LogP) is 5.68. The SMILES string of the molecule is Cc1ccccc1CC(=O)N1CCN(c2ccc(NC(=O)Nc3cccc4ccccc34)cc2)CC1. The van der Waals surface area contributed by atoms with E-state index in [2.05, 4.69) is 15.5 Å². The Kier molecular flexibility index (Phi) is 6.85. The zero-order valence-corrected chi connectivity index (χ0v) is 20.4. The smallest absolute Gasteiger partial charge is 0.323 e. The summed E-state index contributed by atoms with van der Waals surface area (Å²) in [4.78, 5) is 29.6. The summed E-state index contributed by atoms with van der Waals surface area (Å²) in [5, 5.41) is 7.95. The third kappa shape index (κ3) is 5.33. The second kappa shape index (κ2) is 10.5. The minimum atomic E-state index is -0.278. The van der Waals surface area contributed by atoms with Crippen molar-refractivity contribution in [2.75, 3.05) is 41.7 Å². The standard InChI is InChI=1S/C30H30N4O2/c1-22-7-2-3-9-24(22)21-29(35)34-19-17-33(18-20-34)26-15-13-25(14-16-26)31-30(36)32-28-12-6-10-23-8-4-5-11-27(23)28/h2-16H,17-21H2,1H3,(H2,31,32,36). The molecule has 0 bridgehead atoms. The first-order valence-corrected chi connectivity index (χ1v) is 12.3. The molecular weight excluding hydrogens is 448 g/mol. The van der Waals surface area contributed by atoms with Gasteiger partial charge in [0.1, 0.15) is 0 Å². The van der Waals surface area contributed by atoms with Gasteiger partial charge in [-0.05, 0) is 53.8 Å². The maximum absolute atomic E-state index is 12.8. The Labute approximate surface area is 211 Å². The summed E-state index contributed by atoms with van der Waals surface area (Å²) in [6.45, 7) is 5.03. The van der Waals surface area contributed by atoms with Gasteiger partial charge in [0, 0.05) is 42.9 Å². The molecule has 1 aliphatic rings. The topological polar surface area (TPSA) is 64.7 Å². The van der Waals surface area contributed by atoms with E-state index < -0.39 is 0 Å². The van der Waals surface area contributed by atoms with E-state index in [0.29, 0.717) is 19.5 Å². The Balaban J connectivity index is 1.14. The van der Waals surface area contributed by atoms with Crippen LogP contribution in [0, 0.1) is 6.92 Å². The van der Waals surface area contributed by atoms with Crippen LogP contribution in [0.3, 0.4) is 0 Å². The largest absolute Gasteiger partial charge is 0.368 e. The summed E-state index contributed by atoms with van der Waals surface area (Å²) >= 11 is 0. The van der Waals surface area contributed by atoms with Gasteiger partial charge in [-0.1, -0.05) is 60.7 Å². The second-order valence-corrected chi connectivity index (χ2v) is 9.12. The highest BCUT2D eigenvalue weighted by Crippen LogP contribution is 2.24. The number of carbonyl (C=O) groups excluding carboxylic acids is 2. The van der Waals surface area contributed by atoms with Gasteiger partial charge >= 0.3 is 6.03 Å². The van der Waals surface area contributed by atoms with Gasteiger partial charge in [-0.25, -0.2) is 4.79 Å². The lowest BCUT2D eigenvalue weighted by molar-refractivity contribution is -0.130. The van der Waals surface area contributed by atoms with Crippen LogP contribution in [0.4, 0.5) is 21.9 Å². The van der Waals surface area contributed by atoms with Gasteiger partial charge in [0.05, 0.1) is 12.1 Å². The Hall–Kier alpha value is -4.32. The summed E-state index contributed by atoms with van der Waals surface area (Å²) < 4.78 is 0. The number of nitrogens with zero attached hydrogens (tertiary/aromatic N) is 2. The number of piperazine rings is 1. The molecule has 1 saturated heterocycles. The lowest BCUT2D eigenvalue weighted by Gasteiger charge is -2.36. The average Bonchev–Trinajstić information content (AvgIpc) is 2.91. The van der Waals surface area contributed by atoms with E-state index in [-0.39, 0.29) is 11.9 Å². The van der Waals surface area contributed by atoms with Crippen molar-refractivity contribution >= 4 is 39.8 Å². The lowest BCUT2D eigenvalue weighted by Crippen LogP contribution is -2.49. The summed E-state index contributed by atoms with van der Waals surface area (Å²) in [7, 11) is 0. The molecule has 182 valence electrons. The molecule has 1 heterocycles. The van der Waals surface area contributed by atoms with E-state index >= 15 is 0 Å². The van der Waals surface area contributed by atoms with Crippen molar-refractivity contribution in [1.82, 2.24) is 4.90 Å². The van der Waals surface area contributed by atoms with Crippen molar-refractivity contribution in [2.45, 2.75) is 13.3 Å². The molecule has 6 nitrogen and oxygen atoms in total. The Morgan fingerprint density at radius 3 is 2.22 bits per heavy atom. The number of hydrogen-bond acceptors (Lipinski definition) is 3. The molecule has 0 unspecified atom stereocenters. The predicted molar refractivity (Wildman–Crippen MR) is 147 cm³/mol. The van der Waals surface area contributed by atoms with E-state index in [1.807, 2.05) is 103 Å².